The molecule has 0 fully saturated rings. The van der Waals surface area contributed by atoms with Crippen LogP contribution in [0, 0.1) is 25.2 Å². The van der Waals surface area contributed by atoms with Gasteiger partial charge in [-0.2, -0.15) is 0 Å². The maximum absolute atomic E-state index is 6.52. The monoisotopic (exact) mass is 566 g/mol. The van der Waals surface area contributed by atoms with E-state index < -0.39 is 0 Å². The van der Waals surface area contributed by atoms with Gasteiger partial charge in [-0.15, -0.1) is 6.42 Å². The van der Waals surface area contributed by atoms with Crippen LogP contribution in [-0.2, 0) is 11.8 Å². The van der Waals surface area contributed by atoms with Crippen molar-refractivity contribution in [3.05, 3.63) is 87.7 Å². The molecule has 1 heterocycles. The highest BCUT2D eigenvalue weighted by atomic mass is 35.5. The van der Waals surface area contributed by atoms with Crippen LogP contribution in [0.2, 0.25) is 5.02 Å². The van der Waals surface area contributed by atoms with Crippen molar-refractivity contribution in [2.24, 2.45) is 11.1 Å². The summed E-state index contributed by atoms with van der Waals surface area (Å²) in [5.74, 6) is 4.75. The minimum absolute atomic E-state index is 0.203. The molecular formula is C35H51ClN2S. The number of halogens is 1. The SMILES string of the molecule is C#Cc1cc(C(C)(C)c2ccc(-c3ccc(C)nc3)cc2)cc(Cl)c1CC.CC.CC.CCC(CC)CSN. The van der Waals surface area contributed by atoms with E-state index in [1.807, 2.05) is 46.9 Å². The second-order valence-electron chi connectivity index (χ2n) is 9.39. The molecule has 0 amide bonds. The van der Waals surface area contributed by atoms with Gasteiger partial charge in [-0.05, 0) is 59.7 Å². The molecule has 214 valence electrons. The number of pyridine rings is 1. The predicted octanol–water partition coefficient (Wildman–Crippen LogP) is 10.7. The molecule has 0 saturated heterocycles. The molecule has 0 aliphatic rings. The number of terminal acetylenes is 1. The summed E-state index contributed by atoms with van der Waals surface area (Å²) < 4.78 is 0. The third-order valence-corrected chi connectivity index (χ3v) is 7.77. The average Bonchev–Trinajstić information content (AvgIpc) is 2.98. The molecule has 0 aliphatic carbocycles. The number of hydrogen-bond donors (Lipinski definition) is 1. The average molecular weight is 567 g/mol. The topological polar surface area (TPSA) is 38.9 Å². The summed E-state index contributed by atoms with van der Waals surface area (Å²) >= 11 is 7.98. The Labute approximate surface area is 249 Å². The third kappa shape index (κ3) is 11.0. The Kier molecular flexibility index (Phi) is 18.6. The van der Waals surface area contributed by atoms with Gasteiger partial charge in [0, 0.05) is 39.2 Å². The Bertz CT molecular complexity index is 1110. The first-order chi connectivity index (χ1) is 18.7. The van der Waals surface area contributed by atoms with Gasteiger partial charge in [-0.3, -0.25) is 10.1 Å². The molecule has 3 aromatic rings. The summed E-state index contributed by atoms with van der Waals surface area (Å²) in [6, 6.07) is 16.9. The lowest BCUT2D eigenvalue weighted by Crippen LogP contribution is -2.19. The van der Waals surface area contributed by atoms with E-state index in [1.54, 1.807) is 0 Å². The molecule has 0 saturated carbocycles. The summed E-state index contributed by atoms with van der Waals surface area (Å²) in [7, 11) is 0. The first-order valence-corrected chi connectivity index (χ1v) is 15.8. The van der Waals surface area contributed by atoms with E-state index >= 15 is 0 Å². The molecule has 0 aliphatic heterocycles. The van der Waals surface area contributed by atoms with Crippen molar-refractivity contribution in [3.63, 3.8) is 0 Å². The van der Waals surface area contributed by atoms with Crippen LogP contribution in [-0.4, -0.2) is 10.7 Å². The summed E-state index contributed by atoms with van der Waals surface area (Å²) in [6.45, 7) is 20.9. The van der Waals surface area contributed by atoms with Crippen LogP contribution >= 0.6 is 23.5 Å². The molecule has 0 bridgehead atoms. The molecule has 0 atom stereocenters. The van der Waals surface area contributed by atoms with Crippen LogP contribution < -0.4 is 5.14 Å². The van der Waals surface area contributed by atoms with Crippen molar-refractivity contribution in [1.82, 2.24) is 4.98 Å². The zero-order chi connectivity index (χ0) is 30.0. The molecule has 4 heteroatoms. The maximum Gasteiger partial charge on any atom is 0.0453 e. The smallest absolute Gasteiger partial charge is 0.0453 e. The van der Waals surface area contributed by atoms with E-state index in [0.29, 0.717) is 0 Å². The molecule has 39 heavy (non-hydrogen) atoms. The number of nitrogens with two attached hydrogens (primary N) is 1. The lowest BCUT2D eigenvalue weighted by atomic mass is 9.77. The van der Waals surface area contributed by atoms with Crippen molar-refractivity contribution in [2.45, 2.75) is 93.9 Å². The quantitative estimate of drug-likeness (QED) is 0.217. The molecule has 0 radical (unpaired) electrons. The fraction of sp³-hybridized carbons (Fsp3) is 0.457. The zero-order valence-corrected chi connectivity index (χ0v) is 27.6. The van der Waals surface area contributed by atoms with Crippen LogP contribution in [0.5, 0.6) is 0 Å². The van der Waals surface area contributed by atoms with Crippen molar-refractivity contribution in [3.8, 4) is 23.5 Å². The highest BCUT2D eigenvalue weighted by Crippen LogP contribution is 2.36. The van der Waals surface area contributed by atoms with Gasteiger partial charge in [0.05, 0.1) is 0 Å². The van der Waals surface area contributed by atoms with Crippen LogP contribution in [0.3, 0.4) is 0 Å². The molecule has 0 spiro atoms. The Morgan fingerprint density at radius 2 is 1.49 bits per heavy atom. The number of rotatable bonds is 8. The summed E-state index contributed by atoms with van der Waals surface area (Å²) in [4.78, 5) is 4.39. The summed E-state index contributed by atoms with van der Waals surface area (Å²) in [6.07, 6.45) is 11.0. The minimum Gasteiger partial charge on any atom is -0.278 e. The Morgan fingerprint density at radius 1 is 0.923 bits per heavy atom. The molecule has 2 N–H and O–H groups in total. The highest BCUT2D eigenvalue weighted by molar-refractivity contribution is 7.97. The molecule has 3 rings (SSSR count). The Morgan fingerprint density at radius 3 is 1.90 bits per heavy atom. The van der Waals surface area contributed by atoms with E-state index in [4.69, 9.17) is 23.2 Å². The Hall–Kier alpha value is -2.25. The molecular weight excluding hydrogens is 516 g/mol. The third-order valence-electron chi connectivity index (χ3n) is 6.76. The fourth-order valence-corrected chi connectivity index (χ4v) is 5.13. The van der Waals surface area contributed by atoms with Crippen LogP contribution in [0.1, 0.15) is 103 Å². The number of nitrogens with zero attached hydrogens (tertiary/aromatic N) is 1. The van der Waals surface area contributed by atoms with Crippen molar-refractivity contribution in [2.75, 3.05) is 5.75 Å². The molecule has 0 unspecified atom stereocenters. The largest absolute Gasteiger partial charge is 0.278 e. The van der Waals surface area contributed by atoms with Crippen molar-refractivity contribution >= 4 is 23.5 Å². The van der Waals surface area contributed by atoms with Crippen LogP contribution in [0.4, 0.5) is 0 Å². The lowest BCUT2D eigenvalue weighted by molar-refractivity contribution is 0.554. The highest BCUT2D eigenvalue weighted by Gasteiger charge is 2.25. The Balaban J connectivity index is 0.00000102. The van der Waals surface area contributed by atoms with Gasteiger partial charge in [0.25, 0.3) is 0 Å². The first kappa shape index (κ1) is 36.8. The fourth-order valence-electron chi connectivity index (χ4n) is 4.03. The first-order valence-electron chi connectivity index (χ1n) is 14.4. The van der Waals surface area contributed by atoms with Gasteiger partial charge in [0.2, 0.25) is 0 Å². The van der Waals surface area contributed by atoms with Gasteiger partial charge in [-0.25, -0.2) is 0 Å². The van der Waals surface area contributed by atoms with E-state index in [-0.39, 0.29) is 5.41 Å². The van der Waals surface area contributed by atoms with E-state index in [1.165, 1.54) is 30.4 Å². The second-order valence-corrected chi connectivity index (χ2v) is 10.5. The standard InChI is InChI=1S/C25H24ClN.C6H15NS.2C2H6/c1-6-18-14-22(15-24(26)23(18)7-2)25(4,5)21-12-10-19(11-13-21)20-9-8-17(3)27-16-20;1-3-6(4-2)5-8-7;2*1-2/h1,8-16H,7H2,2-5H3;6H,3-5,7H2,1-2H3;2*1-2H3. The molecule has 2 aromatic carbocycles. The molecule has 2 nitrogen and oxygen atoms in total. The van der Waals surface area contributed by atoms with E-state index in [0.717, 1.165) is 56.6 Å². The van der Waals surface area contributed by atoms with Crippen molar-refractivity contribution < 1.29 is 0 Å². The van der Waals surface area contributed by atoms with Crippen LogP contribution in [0.15, 0.2) is 54.7 Å². The second kappa shape index (κ2) is 19.8. The van der Waals surface area contributed by atoms with Gasteiger partial charge >= 0.3 is 0 Å². The lowest BCUT2D eigenvalue weighted by Gasteiger charge is -2.27. The predicted molar refractivity (Wildman–Crippen MR) is 179 cm³/mol. The number of benzene rings is 2. The van der Waals surface area contributed by atoms with Crippen molar-refractivity contribution in [1.29, 1.82) is 0 Å². The van der Waals surface area contributed by atoms with Gasteiger partial charge in [0.15, 0.2) is 0 Å². The van der Waals surface area contributed by atoms with E-state index in [9.17, 15) is 0 Å². The number of hydrogen-bond acceptors (Lipinski definition) is 3. The number of aryl methyl sites for hydroxylation is 1. The van der Waals surface area contributed by atoms with E-state index in [2.05, 4.69) is 88.0 Å². The number of aromatic nitrogens is 1. The van der Waals surface area contributed by atoms with Gasteiger partial charge in [-0.1, -0.05) is 135 Å². The molecule has 1 aromatic heterocycles. The normalized spacial score (nSPS) is 10.3. The zero-order valence-electron chi connectivity index (χ0n) is 26.0. The van der Waals surface area contributed by atoms with Gasteiger partial charge < -0.3 is 0 Å². The minimum atomic E-state index is -0.203. The summed E-state index contributed by atoms with van der Waals surface area (Å²) in [5, 5.41) is 6.05. The summed E-state index contributed by atoms with van der Waals surface area (Å²) in [5.41, 5.74) is 7.37. The maximum atomic E-state index is 6.52. The van der Waals surface area contributed by atoms with Crippen LogP contribution in [0.25, 0.3) is 11.1 Å². The van der Waals surface area contributed by atoms with Gasteiger partial charge in [0.1, 0.15) is 0 Å².